The van der Waals surface area contributed by atoms with Crippen LogP contribution in [0.5, 0.6) is 0 Å². The highest BCUT2D eigenvalue weighted by Crippen LogP contribution is 2.11. The quantitative estimate of drug-likeness (QED) is 0.422. The van der Waals surface area contributed by atoms with Gasteiger partial charge in [0.05, 0.1) is 5.71 Å². The summed E-state index contributed by atoms with van der Waals surface area (Å²) in [6.45, 7) is 6.29. The molecule has 4 nitrogen and oxygen atoms in total. The van der Waals surface area contributed by atoms with E-state index in [-0.39, 0.29) is 5.96 Å². The Morgan fingerprint density at radius 2 is 2.18 bits per heavy atom. The second kappa shape index (κ2) is 6.03. The number of benzene rings is 1. The minimum Gasteiger partial charge on any atom is -0.369 e. The standard InChI is InChI=1S/C13H20N4/c1-9(2)7-11-5-4-6-12(8-11)10(3)16-17-13(14)15/h4-6,8-9H,7H2,1-3H3,(H4,14,15,17)/b16-10+. The van der Waals surface area contributed by atoms with Crippen LogP contribution >= 0.6 is 0 Å². The molecule has 92 valence electrons. The van der Waals surface area contributed by atoms with Gasteiger partial charge in [0, 0.05) is 0 Å². The SMILES string of the molecule is C/C(=N\NC(=N)N)c1cccc(CC(C)C)c1. The van der Waals surface area contributed by atoms with Crippen molar-refractivity contribution >= 4 is 11.7 Å². The number of nitrogens with two attached hydrogens (primary N) is 1. The zero-order chi connectivity index (χ0) is 12.8. The largest absolute Gasteiger partial charge is 0.369 e. The Balaban J connectivity index is 2.83. The van der Waals surface area contributed by atoms with Crippen LogP contribution in [0, 0.1) is 11.3 Å². The van der Waals surface area contributed by atoms with E-state index in [4.69, 9.17) is 11.1 Å². The first-order chi connectivity index (χ1) is 7.99. The average molecular weight is 232 g/mol. The Bertz CT molecular complexity index is 421. The number of hydrogen-bond donors (Lipinski definition) is 3. The van der Waals surface area contributed by atoms with E-state index in [9.17, 15) is 0 Å². The Hall–Kier alpha value is -1.84. The fourth-order valence-corrected chi connectivity index (χ4v) is 1.60. The van der Waals surface area contributed by atoms with Crippen LogP contribution in [-0.2, 0) is 6.42 Å². The summed E-state index contributed by atoms with van der Waals surface area (Å²) < 4.78 is 0. The number of rotatable bonds is 4. The zero-order valence-electron chi connectivity index (χ0n) is 10.6. The van der Waals surface area contributed by atoms with Gasteiger partial charge in [-0.1, -0.05) is 32.0 Å². The Kier molecular flexibility index (Phi) is 4.69. The van der Waals surface area contributed by atoms with Crippen molar-refractivity contribution in [3.05, 3.63) is 35.4 Å². The number of nitrogens with one attached hydrogen (secondary N) is 2. The molecular weight excluding hydrogens is 212 g/mol. The molecule has 0 fully saturated rings. The van der Waals surface area contributed by atoms with E-state index in [0.717, 1.165) is 17.7 Å². The van der Waals surface area contributed by atoms with Crippen LogP contribution < -0.4 is 11.2 Å². The van der Waals surface area contributed by atoms with Crippen molar-refractivity contribution in [2.24, 2.45) is 16.8 Å². The van der Waals surface area contributed by atoms with Crippen molar-refractivity contribution in [1.29, 1.82) is 5.41 Å². The van der Waals surface area contributed by atoms with Gasteiger partial charge in [-0.2, -0.15) is 5.10 Å². The monoisotopic (exact) mass is 232 g/mol. The lowest BCUT2D eigenvalue weighted by atomic mass is 10.00. The highest BCUT2D eigenvalue weighted by molar-refractivity contribution is 5.99. The first-order valence-electron chi connectivity index (χ1n) is 5.72. The lowest BCUT2D eigenvalue weighted by Gasteiger charge is -2.07. The molecule has 1 aromatic carbocycles. The van der Waals surface area contributed by atoms with Gasteiger partial charge in [0.1, 0.15) is 0 Å². The highest BCUT2D eigenvalue weighted by Gasteiger charge is 2.01. The number of nitrogens with zero attached hydrogens (tertiary/aromatic N) is 1. The van der Waals surface area contributed by atoms with Crippen LogP contribution in [0.4, 0.5) is 0 Å². The van der Waals surface area contributed by atoms with Gasteiger partial charge in [0.2, 0.25) is 5.96 Å². The van der Waals surface area contributed by atoms with Gasteiger partial charge in [-0.05, 0) is 36.5 Å². The van der Waals surface area contributed by atoms with E-state index >= 15 is 0 Å². The first-order valence-corrected chi connectivity index (χ1v) is 5.72. The summed E-state index contributed by atoms with van der Waals surface area (Å²) in [4.78, 5) is 0. The Morgan fingerprint density at radius 3 is 2.76 bits per heavy atom. The predicted molar refractivity (Wildman–Crippen MR) is 72.2 cm³/mol. The summed E-state index contributed by atoms with van der Waals surface area (Å²) in [5.41, 5.74) is 10.8. The molecule has 4 N–H and O–H groups in total. The second-order valence-corrected chi connectivity index (χ2v) is 4.52. The zero-order valence-corrected chi connectivity index (χ0v) is 10.6. The molecule has 0 aromatic heterocycles. The van der Waals surface area contributed by atoms with Gasteiger partial charge in [-0.15, -0.1) is 0 Å². The summed E-state index contributed by atoms with van der Waals surface area (Å²) in [7, 11) is 0. The van der Waals surface area contributed by atoms with Crippen LogP contribution in [0.3, 0.4) is 0 Å². The summed E-state index contributed by atoms with van der Waals surface area (Å²) in [5.74, 6) is 0.487. The van der Waals surface area contributed by atoms with Gasteiger partial charge in [-0.25, -0.2) is 5.43 Å². The number of guanidine groups is 1. The molecular formula is C13H20N4. The molecule has 0 amide bonds. The summed E-state index contributed by atoms with van der Waals surface area (Å²) in [5, 5.41) is 11.1. The fraction of sp³-hybridized carbons (Fsp3) is 0.385. The first kappa shape index (κ1) is 13.2. The molecule has 0 atom stereocenters. The van der Waals surface area contributed by atoms with Gasteiger partial charge < -0.3 is 5.73 Å². The number of hydrazone groups is 1. The summed E-state index contributed by atoms with van der Waals surface area (Å²) in [6, 6.07) is 8.28. The molecule has 0 radical (unpaired) electrons. The maximum atomic E-state index is 7.04. The topological polar surface area (TPSA) is 74.3 Å². The molecule has 0 aliphatic rings. The van der Waals surface area contributed by atoms with Crippen LogP contribution in [0.1, 0.15) is 31.9 Å². The molecule has 0 saturated heterocycles. The molecule has 17 heavy (non-hydrogen) atoms. The van der Waals surface area contributed by atoms with E-state index < -0.39 is 0 Å². The fourth-order valence-electron chi connectivity index (χ4n) is 1.60. The van der Waals surface area contributed by atoms with E-state index in [2.05, 4.69) is 36.5 Å². The normalized spacial score (nSPS) is 11.6. The van der Waals surface area contributed by atoms with Crippen LogP contribution in [0.15, 0.2) is 29.4 Å². The molecule has 1 rings (SSSR count). The molecule has 0 saturated carbocycles. The molecule has 0 bridgehead atoms. The smallest absolute Gasteiger partial charge is 0.206 e. The third-order valence-corrected chi connectivity index (χ3v) is 2.33. The third kappa shape index (κ3) is 4.68. The van der Waals surface area contributed by atoms with Gasteiger partial charge >= 0.3 is 0 Å². The van der Waals surface area contributed by atoms with Crippen molar-refractivity contribution < 1.29 is 0 Å². The van der Waals surface area contributed by atoms with Crippen LogP contribution in [-0.4, -0.2) is 11.7 Å². The molecule has 0 aliphatic carbocycles. The van der Waals surface area contributed by atoms with Crippen molar-refractivity contribution in [3.63, 3.8) is 0 Å². The number of hydrogen-bond acceptors (Lipinski definition) is 2. The van der Waals surface area contributed by atoms with Gasteiger partial charge in [0.15, 0.2) is 0 Å². The minimum absolute atomic E-state index is 0.150. The minimum atomic E-state index is -0.150. The molecule has 0 spiro atoms. The van der Waals surface area contributed by atoms with Crippen molar-refractivity contribution in [2.75, 3.05) is 0 Å². The van der Waals surface area contributed by atoms with E-state index in [1.54, 1.807) is 0 Å². The Labute approximate surface area is 102 Å². The maximum absolute atomic E-state index is 7.04. The van der Waals surface area contributed by atoms with Crippen molar-refractivity contribution in [2.45, 2.75) is 27.2 Å². The van der Waals surface area contributed by atoms with Gasteiger partial charge in [-0.3, -0.25) is 5.41 Å². The van der Waals surface area contributed by atoms with Crippen molar-refractivity contribution in [3.8, 4) is 0 Å². The van der Waals surface area contributed by atoms with E-state index in [1.807, 2.05) is 19.1 Å². The summed E-state index contributed by atoms with van der Waals surface area (Å²) in [6.07, 6.45) is 1.06. The van der Waals surface area contributed by atoms with Crippen molar-refractivity contribution in [1.82, 2.24) is 5.43 Å². The molecule has 0 heterocycles. The van der Waals surface area contributed by atoms with E-state index in [1.165, 1.54) is 5.56 Å². The lowest BCUT2D eigenvalue weighted by molar-refractivity contribution is 0.647. The second-order valence-electron chi connectivity index (χ2n) is 4.52. The Morgan fingerprint density at radius 1 is 1.47 bits per heavy atom. The van der Waals surface area contributed by atoms with Crippen LogP contribution in [0.25, 0.3) is 0 Å². The highest BCUT2D eigenvalue weighted by atomic mass is 15.3. The van der Waals surface area contributed by atoms with Crippen LogP contribution in [0.2, 0.25) is 0 Å². The molecule has 4 heteroatoms. The lowest BCUT2D eigenvalue weighted by Crippen LogP contribution is -2.26. The molecule has 1 aromatic rings. The molecule has 0 unspecified atom stereocenters. The average Bonchev–Trinajstić information content (AvgIpc) is 2.25. The maximum Gasteiger partial charge on any atom is 0.206 e. The van der Waals surface area contributed by atoms with E-state index in [0.29, 0.717) is 5.92 Å². The predicted octanol–water partition coefficient (Wildman–Crippen LogP) is 2.09. The molecule has 0 aliphatic heterocycles. The van der Waals surface area contributed by atoms with Gasteiger partial charge in [0.25, 0.3) is 0 Å². The third-order valence-electron chi connectivity index (χ3n) is 2.33. The summed E-state index contributed by atoms with van der Waals surface area (Å²) >= 11 is 0.